The summed E-state index contributed by atoms with van der Waals surface area (Å²) >= 11 is 0. The van der Waals surface area contributed by atoms with Crippen molar-refractivity contribution in [2.75, 3.05) is 34.9 Å². The Balaban J connectivity index is 2.29. The highest BCUT2D eigenvalue weighted by atomic mass is 31.2. The zero-order chi connectivity index (χ0) is 41.8. The molecule has 0 aromatic heterocycles. The van der Waals surface area contributed by atoms with Crippen LogP contribution in [0.3, 0.4) is 0 Å². The van der Waals surface area contributed by atoms with E-state index in [1.165, 1.54) is 14.2 Å². The second-order valence-electron chi connectivity index (χ2n) is 15.6. The minimum absolute atomic E-state index is 0.0116. The molecule has 1 aromatic carbocycles. The number of phosphoric acid groups is 1. The number of likely N-dealkylation sites (N-methyl/N-ethyl adjacent to an activating group) is 2. The summed E-state index contributed by atoms with van der Waals surface area (Å²) in [5.74, 6) is -2.16. The van der Waals surface area contributed by atoms with Crippen LogP contribution in [0.25, 0.3) is 0 Å². The van der Waals surface area contributed by atoms with Gasteiger partial charge in [-0.25, -0.2) is 4.57 Å². The zero-order valence-corrected chi connectivity index (χ0v) is 35.7. The van der Waals surface area contributed by atoms with Gasteiger partial charge in [-0.15, -0.1) is 0 Å². The van der Waals surface area contributed by atoms with Crippen LogP contribution >= 0.6 is 7.82 Å². The number of methoxy groups -OCH3 is 2. The molecule has 1 fully saturated rings. The number of benzene rings is 1. The number of rotatable bonds is 22. The molecule has 4 amide bonds. The summed E-state index contributed by atoms with van der Waals surface area (Å²) in [5.41, 5.74) is 0.482. The van der Waals surface area contributed by atoms with Crippen molar-refractivity contribution in [3.05, 3.63) is 35.9 Å². The highest BCUT2D eigenvalue weighted by Crippen LogP contribution is 2.43. The van der Waals surface area contributed by atoms with Crippen molar-refractivity contribution < 1.29 is 47.5 Å². The molecule has 314 valence electrons. The van der Waals surface area contributed by atoms with Gasteiger partial charge in [0.05, 0.1) is 48.7 Å². The lowest BCUT2D eigenvalue weighted by Gasteiger charge is -2.41. The first-order valence-corrected chi connectivity index (χ1v) is 21.0. The van der Waals surface area contributed by atoms with Crippen LogP contribution in [0.15, 0.2) is 30.3 Å². The number of nitrogens with one attached hydrogen (secondary N) is 3. The molecule has 0 saturated carbocycles. The molecule has 1 aliphatic heterocycles. The highest BCUT2D eigenvalue weighted by Gasteiger charge is 2.43. The first-order chi connectivity index (χ1) is 25.7. The number of carbonyl (C=O) groups is 4. The Bertz CT molecular complexity index is 1430. The maximum Gasteiger partial charge on any atom is 0.470 e. The van der Waals surface area contributed by atoms with E-state index in [0.29, 0.717) is 31.4 Å². The number of likely N-dealkylation sites (tertiary alicyclic amines) is 1. The third kappa shape index (κ3) is 13.3. The molecule has 10 atom stereocenters. The molecular formula is C39H68N5O10P. The number of carbonyl (C=O) groups excluding carboxylic acids is 4. The van der Waals surface area contributed by atoms with E-state index in [2.05, 4.69) is 16.0 Å². The van der Waals surface area contributed by atoms with Crippen molar-refractivity contribution in [1.82, 2.24) is 25.8 Å². The lowest BCUT2D eigenvalue weighted by molar-refractivity contribution is -0.148. The second kappa shape index (κ2) is 22.1. The summed E-state index contributed by atoms with van der Waals surface area (Å²) < 4.78 is 28.8. The molecule has 16 heteroatoms. The summed E-state index contributed by atoms with van der Waals surface area (Å²) in [6.07, 6.45) is -0.537. The molecule has 2 rings (SSSR count). The van der Waals surface area contributed by atoms with Gasteiger partial charge in [-0.2, -0.15) is 0 Å². The van der Waals surface area contributed by atoms with Gasteiger partial charge in [0, 0.05) is 27.8 Å². The predicted molar refractivity (Wildman–Crippen MR) is 210 cm³/mol. The largest absolute Gasteiger partial charge is 0.470 e. The van der Waals surface area contributed by atoms with E-state index < -0.39 is 68.2 Å². The standard InChI is InChI=1S/C39H68N5O10P/c1-13-25(6)34(43(10)39(48)33(24(4)5)42-38(47)32(40-9)23(2)3)30(52-11)22-31(45)44-21-17-20-29(44)35(53-12)26(7)37(46)41-27(8)36(54-55(49,50)51)28-18-15-14-16-19-28/h14-16,18-19,23-27,29-30,32-36,40H,13,17,20-22H2,1-12H3,(H,41,46)(H,42,47)(H2,49,50,51)/t25-,26+,27+,29-,30+,32-,33-,34-,35+,36+/m0/s1. The average Bonchev–Trinajstić information content (AvgIpc) is 3.61. The number of amides is 4. The lowest BCUT2D eigenvalue weighted by atomic mass is 9.89. The smallest absolute Gasteiger partial charge is 0.379 e. The van der Waals surface area contributed by atoms with Crippen LogP contribution in [0, 0.1) is 23.7 Å². The summed E-state index contributed by atoms with van der Waals surface area (Å²) in [6, 6.07) is 5.48. The first kappa shape index (κ1) is 48.2. The summed E-state index contributed by atoms with van der Waals surface area (Å²) in [5, 5.41) is 8.85. The van der Waals surface area contributed by atoms with Gasteiger partial charge in [0.25, 0.3) is 0 Å². The van der Waals surface area contributed by atoms with Crippen molar-refractivity contribution in [2.24, 2.45) is 23.7 Å². The third-order valence-corrected chi connectivity index (χ3v) is 11.5. The Labute approximate surface area is 328 Å². The van der Waals surface area contributed by atoms with E-state index in [9.17, 15) is 33.5 Å². The number of ether oxygens (including phenoxy) is 2. The molecule has 1 saturated heterocycles. The van der Waals surface area contributed by atoms with Crippen LogP contribution in [0.4, 0.5) is 0 Å². The fourth-order valence-corrected chi connectivity index (χ4v) is 8.31. The molecule has 55 heavy (non-hydrogen) atoms. The van der Waals surface area contributed by atoms with Crippen LogP contribution in [0.2, 0.25) is 0 Å². The van der Waals surface area contributed by atoms with Gasteiger partial charge in [0.2, 0.25) is 23.6 Å². The molecular weight excluding hydrogens is 729 g/mol. The van der Waals surface area contributed by atoms with Crippen molar-refractivity contribution in [3.63, 3.8) is 0 Å². The summed E-state index contributed by atoms with van der Waals surface area (Å²) in [6.45, 7) is 15.4. The minimum Gasteiger partial charge on any atom is -0.379 e. The average molecular weight is 798 g/mol. The van der Waals surface area contributed by atoms with Crippen molar-refractivity contribution >= 4 is 31.5 Å². The Hall–Kier alpha value is -2.91. The van der Waals surface area contributed by atoms with Crippen molar-refractivity contribution in [1.29, 1.82) is 0 Å². The minimum atomic E-state index is -4.91. The first-order valence-electron chi connectivity index (χ1n) is 19.4. The van der Waals surface area contributed by atoms with Gasteiger partial charge >= 0.3 is 7.82 Å². The second-order valence-corrected chi connectivity index (χ2v) is 16.7. The zero-order valence-electron chi connectivity index (χ0n) is 34.9. The van der Waals surface area contributed by atoms with Crippen LogP contribution < -0.4 is 16.0 Å². The fourth-order valence-electron chi connectivity index (χ4n) is 7.71. The quantitative estimate of drug-likeness (QED) is 0.108. The topological polar surface area (TPSA) is 196 Å². The lowest BCUT2D eigenvalue weighted by Crippen LogP contribution is -2.59. The molecule has 0 radical (unpaired) electrons. The maximum absolute atomic E-state index is 14.2. The van der Waals surface area contributed by atoms with Crippen LogP contribution in [-0.4, -0.2) is 120 Å². The Kier molecular flexibility index (Phi) is 19.4. The Morgan fingerprint density at radius 1 is 0.927 bits per heavy atom. The molecule has 1 aliphatic rings. The van der Waals surface area contributed by atoms with E-state index in [4.69, 9.17) is 14.0 Å². The third-order valence-electron chi connectivity index (χ3n) is 11.0. The molecule has 0 spiro atoms. The van der Waals surface area contributed by atoms with Gasteiger partial charge in [0.1, 0.15) is 12.1 Å². The number of hydrogen-bond acceptors (Lipinski definition) is 9. The molecule has 15 nitrogen and oxygen atoms in total. The fraction of sp³-hybridized carbons (Fsp3) is 0.744. The SMILES string of the molecule is CC[C@H](C)[C@@H]([C@@H](CC(=O)N1CCC[C@H]1[C@H](OC)[C@@H](C)C(=O)N[C@H](C)[C@@H](OP(=O)(O)O)c1ccccc1)OC)N(C)C(=O)[C@@H](NC(=O)[C@@H](NC)C(C)C)C(C)C. The molecule has 1 heterocycles. The number of phosphoric ester groups is 1. The monoisotopic (exact) mass is 797 g/mol. The number of nitrogens with zero attached hydrogens (tertiary/aromatic N) is 2. The van der Waals surface area contributed by atoms with E-state index >= 15 is 0 Å². The number of hydrogen-bond donors (Lipinski definition) is 5. The van der Waals surface area contributed by atoms with E-state index in [0.717, 1.165) is 0 Å². The Morgan fingerprint density at radius 2 is 1.53 bits per heavy atom. The van der Waals surface area contributed by atoms with Crippen molar-refractivity contribution in [2.45, 2.75) is 130 Å². The van der Waals surface area contributed by atoms with Gasteiger partial charge in [-0.1, -0.05) is 85.2 Å². The van der Waals surface area contributed by atoms with Crippen LogP contribution in [0.5, 0.6) is 0 Å². The van der Waals surface area contributed by atoms with Crippen molar-refractivity contribution in [3.8, 4) is 0 Å². The van der Waals surface area contributed by atoms with E-state index in [1.807, 2.05) is 41.5 Å². The van der Waals surface area contributed by atoms with E-state index in [1.54, 1.807) is 68.1 Å². The molecule has 1 aromatic rings. The summed E-state index contributed by atoms with van der Waals surface area (Å²) in [7, 11) is 1.52. The van der Waals surface area contributed by atoms with Gasteiger partial charge in [-0.3, -0.25) is 23.7 Å². The summed E-state index contributed by atoms with van der Waals surface area (Å²) in [4.78, 5) is 77.8. The molecule has 0 bridgehead atoms. The van der Waals surface area contributed by atoms with Gasteiger partial charge in [0.15, 0.2) is 0 Å². The maximum atomic E-state index is 14.2. The van der Waals surface area contributed by atoms with E-state index in [-0.39, 0.29) is 41.9 Å². The molecule has 0 aliphatic carbocycles. The van der Waals surface area contributed by atoms with Gasteiger partial charge in [-0.05, 0) is 50.1 Å². The molecule has 5 N–H and O–H groups in total. The normalized spacial score (nSPS) is 19.9. The predicted octanol–water partition coefficient (Wildman–Crippen LogP) is 3.65. The molecule has 0 unspecified atom stereocenters. The van der Waals surface area contributed by atoms with Crippen LogP contribution in [-0.2, 0) is 37.7 Å². The van der Waals surface area contributed by atoms with Gasteiger partial charge < -0.3 is 45.0 Å². The highest BCUT2D eigenvalue weighted by molar-refractivity contribution is 7.46. The Morgan fingerprint density at radius 3 is 2.02 bits per heavy atom. The van der Waals surface area contributed by atoms with Crippen LogP contribution in [0.1, 0.15) is 92.7 Å².